The molecular formula is C26H23N3O5. The monoisotopic (exact) mass is 457 g/mol. The van der Waals surface area contributed by atoms with Gasteiger partial charge in [-0.1, -0.05) is 6.07 Å². The number of rotatable bonds is 5. The van der Waals surface area contributed by atoms with Crippen LogP contribution in [0.3, 0.4) is 0 Å². The highest BCUT2D eigenvalue weighted by atomic mass is 16.5. The van der Waals surface area contributed by atoms with Crippen molar-refractivity contribution in [2.24, 2.45) is 0 Å². The van der Waals surface area contributed by atoms with Crippen LogP contribution in [0.5, 0.6) is 5.75 Å². The third-order valence-electron chi connectivity index (χ3n) is 5.77. The van der Waals surface area contributed by atoms with Crippen molar-refractivity contribution in [3.8, 4) is 5.75 Å². The number of carbonyl (C=O) groups excluding carboxylic acids is 2. The Bertz CT molecular complexity index is 1440. The van der Waals surface area contributed by atoms with Gasteiger partial charge in [-0.3, -0.25) is 14.5 Å². The van der Waals surface area contributed by atoms with Crippen LogP contribution in [0.25, 0.3) is 16.8 Å². The second kappa shape index (κ2) is 8.22. The van der Waals surface area contributed by atoms with Gasteiger partial charge in [0.15, 0.2) is 0 Å². The van der Waals surface area contributed by atoms with E-state index in [4.69, 9.17) is 9.15 Å². The van der Waals surface area contributed by atoms with Crippen LogP contribution in [0.4, 0.5) is 5.95 Å². The maximum atomic E-state index is 13.2. The smallest absolute Gasteiger partial charge is 0.302 e. The lowest BCUT2D eigenvalue weighted by Crippen LogP contribution is -2.30. The number of carbonyl (C=O) groups is 2. The number of aromatic amines is 1. The zero-order valence-electron chi connectivity index (χ0n) is 19.0. The number of nitrogens with zero attached hydrogens (tertiary/aromatic N) is 2. The van der Waals surface area contributed by atoms with Gasteiger partial charge in [0, 0.05) is 5.56 Å². The normalized spacial score (nSPS) is 17.6. The number of aliphatic hydroxyl groups is 1. The molecule has 3 heterocycles. The lowest BCUT2D eigenvalue weighted by atomic mass is 9.99. The lowest BCUT2D eigenvalue weighted by Gasteiger charge is -2.20. The third kappa shape index (κ3) is 3.53. The lowest BCUT2D eigenvalue weighted by molar-refractivity contribution is -0.132. The number of ether oxygens (including phenoxy) is 1. The van der Waals surface area contributed by atoms with Crippen LogP contribution in [0.1, 0.15) is 35.6 Å². The molecule has 1 atom stereocenters. The third-order valence-corrected chi connectivity index (χ3v) is 5.77. The molecule has 1 fully saturated rings. The number of fused-ring (bicyclic) bond motifs is 1. The van der Waals surface area contributed by atoms with Crippen molar-refractivity contribution in [3.05, 3.63) is 82.8 Å². The molecule has 0 radical (unpaired) electrons. The number of imidazole rings is 1. The molecule has 0 spiro atoms. The Balaban J connectivity index is 1.67. The molecule has 8 heteroatoms. The number of aryl methyl sites for hydroxylation is 2. The minimum atomic E-state index is -0.984. The molecule has 34 heavy (non-hydrogen) atoms. The second-order valence-electron chi connectivity index (χ2n) is 8.16. The molecule has 1 saturated heterocycles. The van der Waals surface area contributed by atoms with Gasteiger partial charge in [0.25, 0.3) is 5.78 Å². The number of hydrogen-bond donors (Lipinski definition) is 2. The summed E-state index contributed by atoms with van der Waals surface area (Å²) in [6, 6.07) is 14.8. The van der Waals surface area contributed by atoms with Crippen molar-refractivity contribution in [3.63, 3.8) is 0 Å². The molecule has 172 valence electrons. The predicted molar refractivity (Wildman–Crippen MR) is 127 cm³/mol. The van der Waals surface area contributed by atoms with Gasteiger partial charge in [-0.05, 0) is 74.9 Å². The Labute approximate surface area is 195 Å². The topological polar surface area (TPSA) is 109 Å². The highest BCUT2D eigenvalue weighted by Crippen LogP contribution is 2.42. The van der Waals surface area contributed by atoms with E-state index in [-0.39, 0.29) is 17.3 Å². The molecule has 2 aromatic heterocycles. The molecular weight excluding hydrogens is 434 g/mol. The molecule has 2 N–H and O–H groups in total. The molecule has 4 aromatic rings. The average molecular weight is 457 g/mol. The van der Waals surface area contributed by atoms with E-state index in [0.717, 1.165) is 11.1 Å². The first-order valence-electron chi connectivity index (χ1n) is 10.9. The van der Waals surface area contributed by atoms with E-state index in [1.54, 1.807) is 43.3 Å². The van der Waals surface area contributed by atoms with Gasteiger partial charge < -0.3 is 19.2 Å². The van der Waals surface area contributed by atoms with Crippen molar-refractivity contribution in [2.45, 2.75) is 26.8 Å². The molecule has 5 rings (SSSR count). The van der Waals surface area contributed by atoms with E-state index < -0.39 is 17.7 Å². The zero-order valence-corrected chi connectivity index (χ0v) is 19.0. The molecule has 0 bridgehead atoms. The minimum Gasteiger partial charge on any atom is -0.507 e. The fourth-order valence-corrected chi connectivity index (χ4v) is 4.18. The summed E-state index contributed by atoms with van der Waals surface area (Å²) >= 11 is 0. The summed E-state index contributed by atoms with van der Waals surface area (Å²) in [4.78, 5) is 35.4. The number of ketones is 1. The van der Waals surface area contributed by atoms with E-state index in [0.29, 0.717) is 35.0 Å². The molecule has 8 nitrogen and oxygen atoms in total. The standard InChI is InChI=1S/C26H23N3O5/c1-4-33-17-9-7-16(8-10-17)23(30)21-22(20-12-6-15(3)34-20)29(25(32)24(21)31)26-27-18-11-5-14(2)13-19(18)28-26/h5-13,22,30H,4H2,1-3H3,(H,27,28)/b23-21+. The first kappa shape index (κ1) is 21.5. The highest BCUT2D eigenvalue weighted by Gasteiger charge is 2.49. The second-order valence-corrected chi connectivity index (χ2v) is 8.16. The first-order chi connectivity index (χ1) is 16.4. The minimum absolute atomic E-state index is 0.0693. The molecule has 1 unspecified atom stereocenters. The maximum absolute atomic E-state index is 13.2. The van der Waals surface area contributed by atoms with Crippen molar-refractivity contribution < 1.29 is 23.8 Å². The van der Waals surface area contributed by atoms with Crippen LogP contribution in [-0.2, 0) is 9.59 Å². The van der Waals surface area contributed by atoms with Gasteiger partial charge in [-0.2, -0.15) is 0 Å². The molecule has 0 saturated carbocycles. The highest BCUT2D eigenvalue weighted by molar-refractivity contribution is 6.51. The number of Topliss-reactive ketones (excluding diaryl/α,β-unsaturated/α-hetero) is 1. The number of hydrogen-bond acceptors (Lipinski definition) is 6. The summed E-state index contributed by atoms with van der Waals surface area (Å²) in [7, 11) is 0. The van der Waals surface area contributed by atoms with Gasteiger partial charge in [-0.15, -0.1) is 0 Å². The van der Waals surface area contributed by atoms with Crippen molar-refractivity contribution in [2.75, 3.05) is 11.5 Å². The summed E-state index contributed by atoms with van der Waals surface area (Å²) in [5, 5.41) is 11.2. The quantitative estimate of drug-likeness (QED) is 0.253. The van der Waals surface area contributed by atoms with E-state index in [2.05, 4.69) is 9.97 Å². The summed E-state index contributed by atoms with van der Waals surface area (Å²) < 4.78 is 11.3. The van der Waals surface area contributed by atoms with Crippen LogP contribution >= 0.6 is 0 Å². The molecule has 1 amide bonds. The van der Waals surface area contributed by atoms with E-state index in [9.17, 15) is 14.7 Å². The Morgan fingerprint density at radius 3 is 2.56 bits per heavy atom. The first-order valence-corrected chi connectivity index (χ1v) is 10.9. The number of furan rings is 1. The summed E-state index contributed by atoms with van der Waals surface area (Å²) in [6.07, 6.45) is 0. The van der Waals surface area contributed by atoms with Crippen molar-refractivity contribution >= 4 is 34.4 Å². The van der Waals surface area contributed by atoms with Crippen LogP contribution < -0.4 is 9.64 Å². The van der Waals surface area contributed by atoms with Crippen molar-refractivity contribution in [1.82, 2.24) is 9.97 Å². The number of H-pyrrole nitrogens is 1. The van der Waals surface area contributed by atoms with E-state index >= 15 is 0 Å². The largest absolute Gasteiger partial charge is 0.507 e. The van der Waals surface area contributed by atoms with Gasteiger partial charge in [0.1, 0.15) is 29.1 Å². The predicted octanol–water partition coefficient (Wildman–Crippen LogP) is 4.80. The molecule has 1 aliphatic heterocycles. The molecule has 0 aliphatic carbocycles. The number of benzene rings is 2. The van der Waals surface area contributed by atoms with Gasteiger partial charge in [-0.25, -0.2) is 4.98 Å². The SMILES string of the molecule is CCOc1ccc(/C(O)=C2\C(=O)C(=O)N(c3nc4ccc(C)cc4[nH]3)C2c2ccc(C)o2)cc1. The fourth-order valence-electron chi connectivity index (χ4n) is 4.18. The molecule has 2 aromatic carbocycles. The Morgan fingerprint density at radius 2 is 1.88 bits per heavy atom. The Morgan fingerprint density at radius 1 is 1.12 bits per heavy atom. The Kier molecular flexibility index (Phi) is 5.20. The van der Waals surface area contributed by atoms with Crippen LogP contribution in [0.15, 0.2) is 64.6 Å². The van der Waals surface area contributed by atoms with Crippen molar-refractivity contribution in [1.29, 1.82) is 0 Å². The van der Waals surface area contributed by atoms with E-state index in [1.165, 1.54) is 4.90 Å². The van der Waals surface area contributed by atoms with Crippen LogP contribution in [0.2, 0.25) is 0 Å². The number of aliphatic hydroxyl groups excluding tert-OH is 1. The number of aromatic nitrogens is 2. The van der Waals surface area contributed by atoms with Gasteiger partial charge >= 0.3 is 5.91 Å². The van der Waals surface area contributed by atoms with Crippen LogP contribution in [-0.4, -0.2) is 33.4 Å². The van der Waals surface area contributed by atoms with Gasteiger partial charge in [0.2, 0.25) is 5.95 Å². The number of nitrogens with one attached hydrogen (secondary N) is 1. The fraction of sp³-hybridized carbons (Fsp3) is 0.192. The average Bonchev–Trinajstić information content (AvgIpc) is 3.50. The maximum Gasteiger partial charge on any atom is 0.302 e. The van der Waals surface area contributed by atoms with Crippen LogP contribution in [0, 0.1) is 13.8 Å². The number of amides is 1. The number of anilines is 1. The zero-order chi connectivity index (χ0) is 24.0. The Hall–Kier alpha value is -4.33. The summed E-state index contributed by atoms with van der Waals surface area (Å²) in [5.41, 5.74) is 2.73. The summed E-state index contributed by atoms with van der Waals surface area (Å²) in [5.74, 6) is -0.121. The van der Waals surface area contributed by atoms with E-state index in [1.807, 2.05) is 32.0 Å². The summed E-state index contributed by atoms with van der Waals surface area (Å²) in [6.45, 7) is 6.10. The molecule has 1 aliphatic rings. The van der Waals surface area contributed by atoms with Gasteiger partial charge in [0.05, 0.1) is 23.2 Å².